The molecule has 0 spiro atoms. The molecule has 1 N–H and O–H groups in total. The van der Waals surface area contributed by atoms with E-state index in [4.69, 9.17) is 69.6 Å². The topological polar surface area (TPSA) is 49.4 Å². The summed E-state index contributed by atoms with van der Waals surface area (Å²) in [6, 6.07) is 12.9. The smallest absolute Gasteiger partial charge is 0.259 e. The van der Waals surface area contributed by atoms with Gasteiger partial charge in [0.15, 0.2) is 0 Å². The van der Waals surface area contributed by atoms with Crippen LogP contribution in [0, 0.1) is 11.7 Å². The number of carbonyl (C=O) groups is 2. The minimum Gasteiger partial charge on any atom is -0.326 e. The van der Waals surface area contributed by atoms with Gasteiger partial charge in [0, 0.05) is 29.4 Å². The summed E-state index contributed by atoms with van der Waals surface area (Å²) in [5.74, 6) is -2.81. The molecule has 1 fully saturated rings. The van der Waals surface area contributed by atoms with Crippen LogP contribution in [-0.2, 0) is 4.79 Å². The number of anilines is 2. The van der Waals surface area contributed by atoms with Crippen LogP contribution >= 0.6 is 69.6 Å². The van der Waals surface area contributed by atoms with Crippen LogP contribution in [0.3, 0.4) is 0 Å². The standard InChI is InChI=1S/C24H15Cl6FN2O2/c1-33(13-5-2-11(31)3-6-13)23(35)15-8-12(4-7-16(15)25)32-22(34)21-20(24(21,29)30)14-9-18(27)19(28)10-17(14)26/h2-10,20-21H,1H3,(H,32,34). The first-order valence-corrected chi connectivity index (χ1v) is 12.3. The van der Waals surface area contributed by atoms with E-state index < -0.39 is 33.8 Å². The summed E-state index contributed by atoms with van der Waals surface area (Å²) in [5, 5.41) is 3.71. The fraction of sp³-hybridized carbons (Fsp3) is 0.167. The fourth-order valence-corrected chi connectivity index (χ4v) is 5.45. The van der Waals surface area contributed by atoms with E-state index in [1.807, 2.05) is 0 Å². The van der Waals surface area contributed by atoms with Gasteiger partial charge in [-0.25, -0.2) is 4.39 Å². The van der Waals surface area contributed by atoms with Crippen molar-refractivity contribution in [3.63, 3.8) is 0 Å². The van der Waals surface area contributed by atoms with Crippen molar-refractivity contribution in [2.75, 3.05) is 17.3 Å². The lowest BCUT2D eigenvalue weighted by atomic mass is 10.1. The van der Waals surface area contributed by atoms with Gasteiger partial charge in [0.2, 0.25) is 5.91 Å². The Morgan fingerprint density at radius 1 is 0.886 bits per heavy atom. The van der Waals surface area contributed by atoms with Gasteiger partial charge < -0.3 is 10.2 Å². The van der Waals surface area contributed by atoms with E-state index in [1.165, 1.54) is 60.5 Å². The first-order valence-electron chi connectivity index (χ1n) is 10.1. The van der Waals surface area contributed by atoms with E-state index in [2.05, 4.69) is 5.32 Å². The van der Waals surface area contributed by atoms with Crippen LogP contribution in [-0.4, -0.2) is 23.2 Å². The van der Waals surface area contributed by atoms with Crippen LogP contribution in [0.5, 0.6) is 0 Å². The largest absolute Gasteiger partial charge is 0.326 e. The third-order valence-corrected chi connectivity index (χ3v) is 8.01. The number of carbonyl (C=O) groups excluding carboxylic acids is 2. The molecule has 3 aromatic carbocycles. The summed E-state index contributed by atoms with van der Waals surface area (Å²) in [6.07, 6.45) is 0. The Morgan fingerprint density at radius 2 is 1.51 bits per heavy atom. The lowest BCUT2D eigenvalue weighted by Crippen LogP contribution is -2.26. The van der Waals surface area contributed by atoms with Crippen LogP contribution in [0.2, 0.25) is 20.1 Å². The highest BCUT2D eigenvalue weighted by molar-refractivity contribution is 6.54. The Kier molecular flexibility index (Phi) is 7.50. The van der Waals surface area contributed by atoms with Crippen molar-refractivity contribution < 1.29 is 14.0 Å². The molecule has 0 aromatic heterocycles. The second kappa shape index (κ2) is 9.97. The molecule has 4 nitrogen and oxygen atoms in total. The van der Waals surface area contributed by atoms with Crippen molar-refractivity contribution in [2.45, 2.75) is 10.3 Å². The Labute approximate surface area is 230 Å². The van der Waals surface area contributed by atoms with Crippen LogP contribution in [0.1, 0.15) is 21.8 Å². The third kappa shape index (κ3) is 5.22. The van der Waals surface area contributed by atoms with E-state index in [-0.39, 0.29) is 25.7 Å². The Hall–Kier alpha value is -1.73. The summed E-state index contributed by atoms with van der Waals surface area (Å²) in [7, 11) is 1.53. The number of rotatable bonds is 5. The molecule has 1 saturated carbocycles. The van der Waals surface area contributed by atoms with Gasteiger partial charge in [0.05, 0.1) is 26.5 Å². The molecule has 35 heavy (non-hydrogen) atoms. The highest BCUT2D eigenvalue weighted by atomic mass is 35.5. The van der Waals surface area contributed by atoms with Gasteiger partial charge >= 0.3 is 0 Å². The predicted octanol–water partition coefficient (Wildman–Crippen LogP) is 8.24. The summed E-state index contributed by atoms with van der Waals surface area (Å²) in [4.78, 5) is 27.4. The normalized spacial score (nSPS) is 18.2. The average molecular weight is 595 g/mol. The van der Waals surface area contributed by atoms with Gasteiger partial charge in [0.25, 0.3) is 5.91 Å². The molecule has 0 bridgehead atoms. The summed E-state index contributed by atoms with van der Waals surface area (Å²) in [6.45, 7) is 0. The van der Waals surface area contributed by atoms with Crippen molar-refractivity contribution in [1.29, 1.82) is 0 Å². The molecule has 11 heteroatoms. The van der Waals surface area contributed by atoms with Gasteiger partial charge in [-0.3, -0.25) is 9.59 Å². The van der Waals surface area contributed by atoms with Crippen molar-refractivity contribution in [3.8, 4) is 0 Å². The van der Waals surface area contributed by atoms with E-state index in [0.717, 1.165) is 0 Å². The molecule has 2 unspecified atom stereocenters. The molecule has 1 aliphatic rings. The number of halogens is 7. The second-order valence-corrected chi connectivity index (χ2v) is 11.0. The molecule has 4 rings (SSSR count). The SMILES string of the molecule is CN(C(=O)c1cc(NC(=O)C2C(c3cc(Cl)c(Cl)cc3Cl)C2(Cl)Cl)ccc1Cl)c1ccc(F)cc1. The van der Waals surface area contributed by atoms with E-state index in [1.54, 1.807) is 6.07 Å². The molecule has 0 heterocycles. The minimum absolute atomic E-state index is 0.138. The number of nitrogens with zero attached hydrogens (tertiary/aromatic N) is 1. The highest BCUT2D eigenvalue weighted by Crippen LogP contribution is 2.66. The van der Waals surface area contributed by atoms with E-state index in [0.29, 0.717) is 16.9 Å². The Balaban J connectivity index is 1.55. The monoisotopic (exact) mass is 592 g/mol. The van der Waals surface area contributed by atoms with Crippen molar-refractivity contribution >= 4 is 92.8 Å². The molecule has 0 radical (unpaired) electrons. The predicted molar refractivity (Wildman–Crippen MR) is 141 cm³/mol. The van der Waals surface area contributed by atoms with Gasteiger partial charge in [0.1, 0.15) is 10.2 Å². The molecule has 0 aliphatic heterocycles. The zero-order valence-electron chi connectivity index (χ0n) is 17.8. The van der Waals surface area contributed by atoms with Crippen molar-refractivity contribution in [1.82, 2.24) is 0 Å². The van der Waals surface area contributed by atoms with Gasteiger partial charge in [-0.1, -0.05) is 46.4 Å². The first-order chi connectivity index (χ1) is 16.4. The molecule has 2 atom stereocenters. The summed E-state index contributed by atoms with van der Waals surface area (Å²) in [5.41, 5.74) is 1.42. The molecule has 3 aromatic rings. The zero-order valence-corrected chi connectivity index (χ0v) is 22.3. The zero-order chi connectivity index (χ0) is 25.7. The number of amides is 2. The number of nitrogens with one attached hydrogen (secondary N) is 1. The maximum absolute atomic E-state index is 13.2. The first kappa shape index (κ1) is 26.3. The fourth-order valence-electron chi connectivity index (χ4n) is 3.77. The van der Waals surface area contributed by atoms with Crippen LogP contribution in [0.15, 0.2) is 54.6 Å². The Morgan fingerprint density at radius 3 is 2.17 bits per heavy atom. The van der Waals surface area contributed by atoms with Gasteiger partial charge in [-0.2, -0.15) is 0 Å². The second-order valence-electron chi connectivity index (χ2n) is 7.94. The average Bonchev–Trinajstić information content (AvgIpc) is 3.38. The number of benzene rings is 3. The van der Waals surface area contributed by atoms with Gasteiger partial charge in [-0.05, 0) is 60.2 Å². The molecule has 1 aliphatic carbocycles. The molecule has 2 amide bonds. The maximum Gasteiger partial charge on any atom is 0.259 e. The Bertz CT molecular complexity index is 1330. The maximum atomic E-state index is 13.2. The van der Waals surface area contributed by atoms with E-state index in [9.17, 15) is 14.0 Å². The van der Waals surface area contributed by atoms with Crippen LogP contribution in [0.25, 0.3) is 0 Å². The molecule has 0 saturated heterocycles. The third-order valence-electron chi connectivity index (χ3n) is 5.69. The molecule has 182 valence electrons. The molecular weight excluding hydrogens is 580 g/mol. The minimum atomic E-state index is -1.42. The number of hydrogen-bond donors (Lipinski definition) is 1. The summed E-state index contributed by atoms with van der Waals surface area (Å²) < 4.78 is 11.8. The van der Waals surface area contributed by atoms with Crippen LogP contribution in [0.4, 0.5) is 15.8 Å². The highest BCUT2D eigenvalue weighted by Gasteiger charge is 2.68. The lowest BCUT2D eigenvalue weighted by Gasteiger charge is -2.18. The number of alkyl halides is 2. The van der Waals surface area contributed by atoms with Crippen LogP contribution < -0.4 is 10.2 Å². The quantitative estimate of drug-likeness (QED) is 0.239. The van der Waals surface area contributed by atoms with Crippen molar-refractivity contribution in [2.24, 2.45) is 5.92 Å². The molecular formula is C24H15Cl6FN2O2. The number of hydrogen-bond acceptors (Lipinski definition) is 2. The van der Waals surface area contributed by atoms with Crippen molar-refractivity contribution in [3.05, 3.63) is 91.6 Å². The van der Waals surface area contributed by atoms with Gasteiger partial charge in [-0.15, -0.1) is 23.2 Å². The lowest BCUT2D eigenvalue weighted by molar-refractivity contribution is -0.117. The summed E-state index contributed by atoms with van der Waals surface area (Å²) >= 11 is 37.5. The van der Waals surface area contributed by atoms with E-state index >= 15 is 0 Å².